The molecule has 5 rings (SSSR count). The third kappa shape index (κ3) is 3.62. The van der Waals surface area contributed by atoms with Gasteiger partial charge < -0.3 is 9.15 Å². The molecule has 0 aliphatic rings. The van der Waals surface area contributed by atoms with Crippen molar-refractivity contribution in [3.63, 3.8) is 0 Å². The van der Waals surface area contributed by atoms with Gasteiger partial charge in [-0.15, -0.1) is 0 Å². The van der Waals surface area contributed by atoms with Gasteiger partial charge in [0.25, 0.3) is 5.69 Å². The molecule has 152 valence electrons. The highest BCUT2D eigenvalue weighted by Gasteiger charge is 2.13. The van der Waals surface area contributed by atoms with Gasteiger partial charge >= 0.3 is 0 Å². The first kappa shape index (κ1) is 18.6. The van der Waals surface area contributed by atoms with E-state index in [9.17, 15) is 14.9 Å². The molecule has 3 heterocycles. The molecule has 0 atom stereocenters. The number of nitrogens with zero attached hydrogens (tertiary/aromatic N) is 3. The highest BCUT2D eigenvalue weighted by molar-refractivity contribution is 5.98. The number of fused-ring (bicyclic) bond motifs is 2. The molecule has 0 unspecified atom stereocenters. The van der Waals surface area contributed by atoms with E-state index >= 15 is 0 Å². The van der Waals surface area contributed by atoms with Gasteiger partial charge in [-0.2, -0.15) is 0 Å². The van der Waals surface area contributed by atoms with E-state index in [4.69, 9.17) is 9.15 Å². The van der Waals surface area contributed by atoms with Crippen molar-refractivity contribution in [3.05, 3.63) is 95.0 Å². The summed E-state index contributed by atoms with van der Waals surface area (Å²) in [7, 11) is 0. The zero-order chi connectivity index (χ0) is 21.4. The number of aromatic nitrogens is 2. The molecule has 0 bridgehead atoms. The lowest BCUT2D eigenvalue weighted by atomic mass is 10.1. The van der Waals surface area contributed by atoms with Crippen molar-refractivity contribution in [1.29, 1.82) is 0 Å². The average Bonchev–Trinajstić information content (AvgIpc) is 3.41. The van der Waals surface area contributed by atoms with Crippen LogP contribution in [0.25, 0.3) is 27.9 Å². The van der Waals surface area contributed by atoms with Crippen LogP contribution in [0.2, 0.25) is 0 Å². The van der Waals surface area contributed by atoms with E-state index in [1.54, 1.807) is 34.9 Å². The highest BCUT2D eigenvalue weighted by Crippen LogP contribution is 2.24. The number of nitro groups is 1. The third-order valence-corrected chi connectivity index (χ3v) is 4.87. The first-order valence-corrected chi connectivity index (χ1v) is 9.45. The van der Waals surface area contributed by atoms with Crippen molar-refractivity contribution < 1.29 is 18.9 Å². The molecule has 0 aliphatic heterocycles. The number of Topliss-reactive ketones (excluding diaryl/α,β-unsaturated/α-hetero) is 1. The van der Waals surface area contributed by atoms with Crippen LogP contribution in [0, 0.1) is 10.1 Å². The molecule has 0 amide bonds. The van der Waals surface area contributed by atoms with Crippen molar-refractivity contribution in [2.75, 3.05) is 6.61 Å². The second-order valence-electron chi connectivity index (χ2n) is 6.92. The second kappa shape index (κ2) is 7.42. The smallest absolute Gasteiger partial charge is 0.286 e. The summed E-state index contributed by atoms with van der Waals surface area (Å²) in [4.78, 5) is 27.3. The van der Waals surface area contributed by atoms with Gasteiger partial charge in [0.05, 0.1) is 16.8 Å². The molecule has 8 nitrogen and oxygen atoms in total. The Kier molecular flexibility index (Phi) is 4.44. The predicted molar refractivity (Wildman–Crippen MR) is 113 cm³/mol. The van der Waals surface area contributed by atoms with Crippen molar-refractivity contribution in [2.45, 2.75) is 0 Å². The van der Waals surface area contributed by atoms with Gasteiger partial charge in [0.1, 0.15) is 17.0 Å². The van der Waals surface area contributed by atoms with Crippen LogP contribution in [0.4, 0.5) is 5.69 Å². The van der Waals surface area contributed by atoms with E-state index in [-0.39, 0.29) is 23.8 Å². The van der Waals surface area contributed by atoms with Gasteiger partial charge in [0, 0.05) is 23.2 Å². The standard InChI is InChI=1S/C23H15N3O5/c27-20(22-11-16-3-1-2-4-21(16)31-22)14-30-18-8-5-15(6-9-18)19-13-25-12-17(26(28)29)7-10-23(25)24-19/h1-13H,14H2. The minimum Gasteiger partial charge on any atom is -0.485 e. The van der Waals surface area contributed by atoms with Gasteiger partial charge in [-0.1, -0.05) is 18.2 Å². The molecule has 0 saturated heterocycles. The van der Waals surface area contributed by atoms with Crippen LogP contribution in [-0.4, -0.2) is 26.7 Å². The quantitative estimate of drug-likeness (QED) is 0.223. The van der Waals surface area contributed by atoms with Gasteiger partial charge in [-0.25, -0.2) is 4.98 Å². The lowest BCUT2D eigenvalue weighted by molar-refractivity contribution is -0.385. The fourth-order valence-corrected chi connectivity index (χ4v) is 3.29. The van der Waals surface area contributed by atoms with E-state index in [1.165, 1.54) is 12.3 Å². The highest BCUT2D eigenvalue weighted by atomic mass is 16.6. The first-order chi connectivity index (χ1) is 15.1. The van der Waals surface area contributed by atoms with E-state index in [2.05, 4.69) is 4.98 Å². The maximum absolute atomic E-state index is 12.4. The molecule has 0 aliphatic carbocycles. The largest absolute Gasteiger partial charge is 0.485 e. The summed E-state index contributed by atoms with van der Waals surface area (Å²) in [5.41, 5.74) is 2.76. The summed E-state index contributed by atoms with van der Waals surface area (Å²) in [5, 5.41) is 11.8. The number of pyridine rings is 1. The number of imidazole rings is 1. The first-order valence-electron chi connectivity index (χ1n) is 9.45. The molecule has 0 fully saturated rings. The number of rotatable bonds is 6. The van der Waals surface area contributed by atoms with Crippen LogP contribution >= 0.6 is 0 Å². The third-order valence-electron chi connectivity index (χ3n) is 4.87. The molecule has 0 spiro atoms. The van der Waals surface area contributed by atoms with E-state index in [1.807, 2.05) is 36.4 Å². The Morgan fingerprint density at radius 3 is 2.65 bits per heavy atom. The number of carbonyl (C=O) groups excluding carboxylic acids is 1. The maximum atomic E-state index is 12.4. The van der Waals surface area contributed by atoms with Crippen molar-refractivity contribution >= 4 is 28.1 Å². The number of ether oxygens (including phenoxy) is 1. The van der Waals surface area contributed by atoms with Gasteiger partial charge in [0.15, 0.2) is 12.4 Å². The van der Waals surface area contributed by atoms with Gasteiger partial charge in [0.2, 0.25) is 5.78 Å². The zero-order valence-electron chi connectivity index (χ0n) is 16.1. The minimum atomic E-state index is -0.447. The molecule has 0 radical (unpaired) electrons. The number of furan rings is 1. The van der Waals surface area contributed by atoms with E-state index < -0.39 is 4.92 Å². The lowest BCUT2D eigenvalue weighted by Gasteiger charge is -2.05. The molecule has 3 aromatic heterocycles. The van der Waals surface area contributed by atoms with Crippen LogP contribution in [-0.2, 0) is 0 Å². The Labute approximate surface area is 175 Å². The second-order valence-corrected chi connectivity index (χ2v) is 6.92. The molecule has 31 heavy (non-hydrogen) atoms. The van der Waals surface area contributed by atoms with Crippen molar-refractivity contribution in [1.82, 2.24) is 9.38 Å². The van der Waals surface area contributed by atoms with Gasteiger partial charge in [-0.3, -0.25) is 19.3 Å². The average molecular weight is 413 g/mol. The molecular weight excluding hydrogens is 398 g/mol. The normalized spacial score (nSPS) is 11.1. The number of para-hydroxylation sites is 1. The molecule has 5 aromatic rings. The summed E-state index contributed by atoms with van der Waals surface area (Å²) >= 11 is 0. The van der Waals surface area contributed by atoms with Crippen molar-refractivity contribution in [3.8, 4) is 17.0 Å². The van der Waals surface area contributed by atoms with Crippen LogP contribution < -0.4 is 4.74 Å². The van der Waals surface area contributed by atoms with Crippen LogP contribution in [0.15, 0.2) is 83.5 Å². The molecule has 8 heteroatoms. The van der Waals surface area contributed by atoms with E-state index in [0.29, 0.717) is 22.7 Å². The van der Waals surface area contributed by atoms with Gasteiger partial charge in [-0.05, 0) is 42.5 Å². The fourth-order valence-electron chi connectivity index (χ4n) is 3.29. The van der Waals surface area contributed by atoms with Crippen LogP contribution in [0.3, 0.4) is 0 Å². The Bertz CT molecular complexity index is 1400. The zero-order valence-corrected chi connectivity index (χ0v) is 16.1. The summed E-state index contributed by atoms with van der Waals surface area (Å²) < 4.78 is 12.8. The Balaban J connectivity index is 1.29. The molecule has 2 aromatic carbocycles. The maximum Gasteiger partial charge on any atom is 0.286 e. The van der Waals surface area contributed by atoms with Crippen LogP contribution in [0.5, 0.6) is 5.75 Å². The molecule has 0 saturated carbocycles. The molecule has 0 N–H and O–H groups in total. The number of ketones is 1. The number of carbonyl (C=O) groups is 1. The Morgan fingerprint density at radius 2 is 1.87 bits per heavy atom. The topological polar surface area (TPSA) is 99.9 Å². The predicted octanol–water partition coefficient (Wildman–Crippen LogP) is 4.92. The summed E-state index contributed by atoms with van der Waals surface area (Å²) in [6.45, 7) is -0.142. The summed E-state index contributed by atoms with van der Waals surface area (Å²) in [6.07, 6.45) is 3.15. The summed E-state index contributed by atoms with van der Waals surface area (Å²) in [5.74, 6) is 0.548. The van der Waals surface area contributed by atoms with Crippen LogP contribution in [0.1, 0.15) is 10.6 Å². The number of hydrogen-bond donors (Lipinski definition) is 0. The SMILES string of the molecule is O=C(COc1ccc(-c2cn3cc([N+](=O)[O-])ccc3n2)cc1)c1cc2ccccc2o1. The Hall–Kier alpha value is -4.46. The minimum absolute atomic E-state index is 0.00526. The fraction of sp³-hybridized carbons (Fsp3) is 0.0435. The summed E-state index contributed by atoms with van der Waals surface area (Å²) in [6, 6.07) is 19.3. The van der Waals surface area contributed by atoms with E-state index in [0.717, 1.165) is 10.9 Å². The number of benzene rings is 2. The molecular formula is C23H15N3O5. The Morgan fingerprint density at radius 1 is 1.06 bits per heavy atom. The van der Waals surface area contributed by atoms with Crippen molar-refractivity contribution in [2.24, 2.45) is 0 Å². The lowest BCUT2D eigenvalue weighted by Crippen LogP contribution is -2.10. The number of hydrogen-bond acceptors (Lipinski definition) is 6. The monoisotopic (exact) mass is 413 g/mol.